The van der Waals surface area contributed by atoms with E-state index in [4.69, 9.17) is 5.73 Å². The second kappa shape index (κ2) is 3.64. The van der Waals surface area contributed by atoms with Gasteiger partial charge in [0, 0.05) is 0 Å². The van der Waals surface area contributed by atoms with Gasteiger partial charge in [-0.15, -0.1) is 0 Å². The lowest BCUT2D eigenvalue weighted by molar-refractivity contribution is 0.212. The van der Waals surface area contributed by atoms with Crippen molar-refractivity contribution in [3.05, 3.63) is 12.3 Å². The summed E-state index contributed by atoms with van der Waals surface area (Å²) >= 11 is 0. The fraction of sp³-hybridized carbons (Fsp3) is 0.727. The molecule has 14 heavy (non-hydrogen) atoms. The van der Waals surface area contributed by atoms with Crippen molar-refractivity contribution in [3.8, 4) is 0 Å². The van der Waals surface area contributed by atoms with Gasteiger partial charge in [0.25, 0.3) is 0 Å². The Kier molecular flexibility index (Phi) is 2.48. The monoisotopic (exact) mass is 193 g/mol. The van der Waals surface area contributed by atoms with Crippen molar-refractivity contribution in [1.29, 1.82) is 0 Å². The first kappa shape index (κ1) is 9.56. The Morgan fingerprint density at radius 1 is 1.29 bits per heavy atom. The molecule has 3 nitrogen and oxygen atoms in total. The zero-order valence-corrected chi connectivity index (χ0v) is 8.98. The molecule has 0 spiro atoms. The van der Waals surface area contributed by atoms with Gasteiger partial charge in [-0.05, 0) is 37.2 Å². The number of rotatable bonds is 1. The molecule has 0 aromatic carbocycles. The smallest absolute Gasteiger partial charge is 0.121 e. The average Bonchev–Trinajstić information content (AvgIpc) is 2.49. The van der Waals surface area contributed by atoms with E-state index in [1.54, 1.807) is 6.20 Å². The Bertz CT molecular complexity index is 295. The number of hydrogen-bond acceptors (Lipinski definition) is 2. The lowest BCUT2D eigenvalue weighted by atomic mass is 9.80. The Labute approximate surface area is 85.3 Å². The number of nitrogen functional groups attached to an aromatic ring is 1. The maximum atomic E-state index is 5.86. The van der Waals surface area contributed by atoms with Crippen LogP contribution in [0.4, 0.5) is 5.82 Å². The number of hydrogen-bond donors (Lipinski definition) is 1. The molecular weight excluding hydrogens is 174 g/mol. The molecule has 0 aliphatic heterocycles. The molecule has 1 aromatic heterocycles. The molecule has 1 fully saturated rings. The van der Waals surface area contributed by atoms with E-state index in [0.29, 0.717) is 6.04 Å². The van der Waals surface area contributed by atoms with Crippen LogP contribution in [0.3, 0.4) is 0 Å². The second-order valence-corrected chi connectivity index (χ2v) is 4.77. The third kappa shape index (κ3) is 1.76. The lowest BCUT2D eigenvalue weighted by Gasteiger charge is -2.31. The molecule has 2 rings (SSSR count). The fourth-order valence-electron chi connectivity index (χ4n) is 2.73. The van der Waals surface area contributed by atoms with Crippen LogP contribution < -0.4 is 5.73 Å². The summed E-state index contributed by atoms with van der Waals surface area (Å²) in [5.74, 6) is 2.40. The van der Waals surface area contributed by atoms with E-state index in [1.165, 1.54) is 19.3 Å². The molecule has 1 aliphatic rings. The molecule has 1 heterocycles. The van der Waals surface area contributed by atoms with Crippen LogP contribution in [0.2, 0.25) is 0 Å². The van der Waals surface area contributed by atoms with Gasteiger partial charge in [-0.1, -0.05) is 13.8 Å². The van der Waals surface area contributed by atoms with Crippen molar-refractivity contribution in [2.24, 2.45) is 11.8 Å². The van der Waals surface area contributed by atoms with Crippen LogP contribution in [0, 0.1) is 11.8 Å². The van der Waals surface area contributed by atoms with Crippen LogP contribution >= 0.6 is 0 Å². The molecule has 0 amide bonds. The van der Waals surface area contributed by atoms with Crippen molar-refractivity contribution in [1.82, 2.24) is 9.78 Å². The standard InChI is InChI=1S/C11H19N3/c1-8-5-9(2)7-10(6-8)14-11(12)3-4-13-14/h3-4,8-10H,5-7,12H2,1-2H3. The van der Waals surface area contributed by atoms with E-state index >= 15 is 0 Å². The van der Waals surface area contributed by atoms with Crippen LogP contribution in [0.25, 0.3) is 0 Å². The van der Waals surface area contributed by atoms with Gasteiger partial charge in [0.1, 0.15) is 5.82 Å². The van der Waals surface area contributed by atoms with E-state index in [0.717, 1.165) is 17.7 Å². The predicted octanol–water partition coefficient (Wildman–Crippen LogP) is 2.46. The Morgan fingerprint density at radius 2 is 1.93 bits per heavy atom. The predicted molar refractivity (Wildman–Crippen MR) is 57.9 cm³/mol. The maximum Gasteiger partial charge on any atom is 0.121 e. The third-order valence-corrected chi connectivity index (χ3v) is 3.20. The quantitative estimate of drug-likeness (QED) is 0.744. The van der Waals surface area contributed by atoms with Crippen LogP contribution in [-0.2, 0) is 0 Å². The highest BCUT2D eigenvalue weighted by atomic mass is 15.3. The lowest BCUT2D eigenvalue weighted by Crippen LogP contribution is -2.24. The topological polar surface area (TPSA) is 43.8 Å². The molecule has 2 N–H and O–H groups in total. The van der Waals surface area contributed by atoms with Gasteiger partial charge < -0.3 is 5.73 Å². The first-order chi connectivity index (χ1) is 6.66. The van der Waals surface area contributed by atoms with Crippen LogP contribution in [-0.4, -0.2) is 9.78 Å². The summed E-state index contributed by atoms with van der Waals surface area (Å²) < 4.78 is 1.99. The van der Waals surface area contributed by atoms with Crippen LogP contribution in [0.1, 0.15) is 39.2 Å². The molecule has 78 valence electrons. The summed E-state index contributed by atoms with van der Waals surface area (Å²) in [5, 5.41) is 4.30. The molecule has 2 unspecified atom stereocenters. The second-order valence-electron chi connectivity index (χ2n) is 4.77. The maximum absolute atomic E-state index is 5.86. The van der Waals surface area contributed by atoms with Gasteiger partial charge in [0.15, 0.2) is 0 Å². The summed E-state index contributed by atoms with van der Waals surface area (Å²) in [7, 11) is 0. The average molecular weight is 193 g/mol. The van der Waals surface area contributed by atoms with E-state index < -0.39 is 0 Å². The molecule has 1 saturated carbocycles. The number of aromatic nitrogens is 2. The molecular formula is C11H19N3. The Morgan fingerprint density at radius 3 is 2.43 bits per heavy atom. The van der Waals surface area contributed by atoms with Crippen molar-refractivity contribution in [2.75, 3.05) is 5.73 Å². The highest BCUT2D eigenvalue weighted by Gasteiger charge is 2.26. The van der Waals surface area contributed by atoms with Gasteiger partial charge in [0.2, 0.25) is 0 Å². The summed E-state index contributed by atoms with van der Waals surface area (Å²) in [5.41, 5.74) is 5.86. The van der Waals surface area contributed by atoms with E-state index in [-0.39, 0.29) is 0 Å². The minimum Gasteiger partial charge on any atom is -0.384 e. The molecule has 1 aliphatic carbocycles. The van der Waals surface area contributed by atoms with Crippen LogP contribution in [0.15, 0.2) is 12.3 Å². The first-order valence-electron chi connectivity index (χ1n) is 5.45. The largest absolute Gasteiger partial charge is 0.384 e. The molecule has 0 saturated heterocycles. The fourth-order valence-corrected chi connectivity index (χ4v) is 2.73. The minimum absolute atomic E-state index is 0.517. The Balaban J connectivity index is 2.15. The van der Waals surface area contributed by atoms with Gasteiger partial charge in [0.05, 0.1) is 12.2 Å². The van der Waals surface area contributed by atoms with Gasteiger partial charge in [-0.2, -0.15) is 5.10 Å². The first-order valence-corrected chi connectivity index (χ1v) is 5.45. The van der Waals surface area contributed by atoms with E-state index in [9.17, 15) is 0 Å². The SMILES string of the molecule is CC1CC(C)CC(n2nccc2N)C1. The van der Waals surface area contributed by atoms with Gasteiger partial charge in [-0.25, -0.2) is 4.68 Å². The number of anilines is 1. The summed E-state index contributed by atoms with van der Waals surface area (Å²) in [4.78, 5) is 0. The highest BCUT2D eigenvalue weighted by Crippen LogP contribution is 2.36. The zero-order valence-electron chi connectivity index (χ0n) is 8.98. The molecule has 3 heteroatoms. The minimum atomic E-state index is 0.517. The molecule has 0 bridgehead atoms. The molecule has 1 aromatic rings. The third-order valence-electron chi connectivity index (χ3n) is 3.20. The summed E-state index contributed by atoms with van der Waals surface area (Å²) in [6.45, 7) is 4.64. The highest BCUT2D eigenvalue weighted by molar-refractivity contribution is 5.26. The molecule has 0 radical (unpaired) electrons. The normalized spacial score (nSPS) is 33.1. The van der Waals surface area contributed by atoms with Gasteiger partial charge in [-0.3, -0.25) is 0 Å². The molecule has 2 atom stereocenters. The van der Waals surface area contributed by atoms with Gasteiger partial charge >= 0.3 is 0 Å². The zero-order chi connectivity index (χ0) is 10.1. The Hall–Kier alpha value is -0.990. The van der Waals surface area contributed by atoms with E-state index in [1.807, 2.05) is 10.7 Å². The van der Waals surface area contributed by atoms with E-state index in [2.05, 4.69) is 18.9 Å². The summed E-state index contributed by atoms with van der Waals surface area (Å²) in [6, 6.07) is 2.40. The van der Waals surface area contributed by atoms with Crippen molar-refractivity contribution in [3.63, 3.8) is 0 Å². The number of nitrogens with two attached hydrogens (primary N) is 1. The number of nitrogens with zero attached hydrogens (tertiary/aromatic N) is 2. The van der Waals surface area contributed by atoms with Crippen molar-refractivity contribution < 1.29 is 0 Å². The van der Waals surface area contributed by atoms with Crippen molar-refractivity contribution >= 4 is 5.82 Å². The van der Waals surface area contributed by atoms with Crippen molar-refractivity contribution in [2.45, 2.75) is 39.2 Å². The summed E-state index contributed by atoms with van der Waals surface area (Å²) in [6.07, 6.45) is 5.57. The van der Waals surface area contributed by atoms with Crippen LogP contribution in [0.5, 0.6) is 0 Å².